The van der Waals surface area contributed by atoms with Crippen LogP contribution in [0.2, 0.25) is 0 Å². The SMILES string of the molecule is CCCCOc1ccc(C(=O)NCCn2nc(C(F)(F)F)ccc2=O)cc1. The number of nitrogens with one attached hydrogen (secondary N) is 1. The Kier molecular flexibility index (Phi) is 6.98. The number of hydrogen-bond donors (Lipinski definition) is 1. The number of halogens is 3. The molecule has 2 aromatic rings. The van der Waals surface area contributed by atoms with Crippen molar-refractivity contribution in [1.29, 1.82) is 0 Å². The molecule has 1 amide bonds. The van der Waals surface area contributed by atoms with Crippen LogP contribution in [0.5, 0.6) is 5.75 Å². The van der Waals surface area contributed by atoms with Crippen molar-refractivity contribution >= 4 is 5.91 Å². The van der Waals surface area contributed by atoms with E-state index in [0.29, 0.717) is 28.7 Å². The Morgan fingerprint density at radius 1 is 1.19 bits per heavy atom. The van der Waals surface area contributed by atoms with Gasteiger partial charge in [-0.25, -0.2) is 4.68 Å². The van der Waals surface area contributed by atoms with Crippen LogP contribution < -0.4 is 15.6 Å². The first-order valence-electron chi connectivity index (χ1n) is 8.47. The number of ether oxygens (including phenoxy) is 1. The summed E-state index contributed by atoms with van der Waals surface area (Å²) < 4.78 is 44.1. The van der Waals surface area contributed by atoms with Crippen molar-refractivity contribution in [2.45, 2.75) is 32.5 Å². The maximum atomic E-state index is 12.6. The summed E-state index contributed by atoms with van der Waals surface area (Å²) in [6, 6.07) is 7.94. The molecule has 0 spiro atoms. The first kappa shape index (κ1) is 20.5. The summed E-state index contributed by atoms with van der Waals surface area (Å²) in [7, 11) is 0. The van der Waals surface area contributed by atoms with Gasteiger partial charge in [0.05, 0.1) is 13.2 Å². The van der Waals surface area contributed by atoms with Crippen molar-refractivity contribution in [2.75, 3.05) is 13.2 Å². The Morgan fingerprint density at radius 3 is 2.52 bits per heavy atom. The van der Waals surface area contributed by atoms with E-state index in [0.717, 1.165) is 18.9 Å². The maximum absolute atomic E-state index is 12.6. The topological polar surface area (TPSA) is 73.2 Å². The van der Waals surface area contributed by atoms with Gasteiger partial charge in [-0.2, -0.15) is 18.3 Å². The van der Waals surface area contributed by atoms with Crippen LogP contribution in [0.3, 0.4) is 0 Å². The highest BCUT2D eigenvalue weighted by atomic mass is 19.4. The molecule has 2 rings (SSSR count). The van der Waals surface area contributed by atoms with Gasteiger partial charge >= 0.3 is 6.18 Å². The smallest absolute Gasteiger partial charge is 0.435 e. The molecule has 146 valence electrons. The quantitative estimate of drug-likeness (QED) is 0.712. The van der Waals surface area contributed by atoms with Gasteiger partial charge in [0.15, 0.2) is 5.69 Å². The summed E-state index contributed by atoms with van der Waals surface area (Å²) in [5.41, 5.74) is -1.46. The Hall–Kier alpha value is -2.84. The highest BCUT2D eigenvalue weighted by Crippen LogP contribution is 2.26. The summed E-state index contributed by atoms with van der Waals surface area (Å²) in [5.74, 6) is 0.245. The first-order valence-corrected chi connectivity index (χ1v) is 8.47. The maximum Gasteiger partial charge on any atom is 0.435 e. The van der Waals surface area contributed by atoms with Crippen LogP contribution in [0.25, 0.3) is 0 Å². The molecule has 0 aliphatic rings. The third-order valence-corrected chi connectivity index (χ3v) is 3.65. The molecule has 0 unspecified atom stereocenters. The zero-order valence-electron chi connectivity index (χ0n) is 14.8. The van der Waals surface area contributed by atoms with Crippen molar-refractivity contribution in [3.8, 4) is 5.75 Å². The third-order valence-electron chi connectivity index (χ3n) is 3.65. The molecule has 6 nitrogen and oxygen atoms in total. The average molecular weight is 383 g/mol. The van der Waals surface area contributed by atoms with Gasteiger partial charge in [0.25, 0.3) is 11.5 Å². The molecule has 1 N–H and O–H groups in total. The number of nitrogens with zero attached hydrogens (tertiary/aromatic N) is 2. The number of aromatic nitrogens is 2. The van der Waals surface area contributed by atoms with Gasteiger partial charge in [-0.1, -0.05) is 13.3 Å². The van der Waals surface area contributed by atoms with Crippen molar-refractivity contribution < 1.29 is 22.7 Å². The number of amides is 1. The summed E-state index contributed by atoms with van der Waals surface area (Å²) in [6.07, 6.45) is -2.69. The first-order chi connectivity index (χ1) is 12.8. The Morgan fingerprint density at radius 2 is 1.89 bits per heavy atom. The van der Waals surface area contributed by atoms with E-state index in [1.807, 2.05) is 0 Å². The average Bonchev–Trinajstić information content (AvgIpc) is 2.63. The number of carbonyl (C=O) groups excluding carboxylic acids is 1. The molecule has 27 heavy (non-hydrogen) atoms. The molecule has 0 fully saturated rings. The fourth-order valence-electron chi connectivity index (χ4n) is 2.17. The van der Waals surface area contributed by atoms with Crippen LogP contribution in [-0.2, 0) is 12.7 Å². The molecule has 0 aliphatic heterocycles. The number of hydrogen-bond acceptors (Lipinski definition) is 4. The molecular weight excluding hydrogens is 363 g/mol. The van der Waals surface area contributed by atoms with Gasteiger partial charge in [0.2, 0.25) is 0 Å². The molecule has 0 atom stereocenters. The van der Waals surface area contributed by atoms with Gasteiger partial charge in [0, 0.05) is 18.2 Å². The minimum Gasteiger partial charge on any atom is -0.494 e. The fourth-order valence-corrected chi connectivity index (χ4v) is 2.17. The van der Waals surface area contributed by atoms with Crippen molar-refractivity contribution in [3.63, 3.8) is 0 Å². The van der Waals surface area contributed by atoms with E-state index in [1.165, 1.54) is 0 Å². The van der Waals surface area contributed by atoms with Gasteiger partial charge in [-0.05, 0) is 36.8 Å². The van der Waals surface area contributed by atoms with Crippen molar-refractivity contribution in [1.82, 2.24) is 15.1 Å². The van der Waals surface area contributed by atoms with Gasteiger partial charge in [-0.15, -0.1) is 0 Å². The van der Waals surface area contributed by atoms with Gasteiger partial charge < -0.3 is 10.1 Å². The molecule has 0 bridgehead atoms. The predicted molar refractivity (Wildman–Crippen MR) is 92.7 cm³/mol. The Bertz CT molecular complexity index is 817. The summed E-state index contributed by atoms with van der Waals surface area (Å²) in [6.45, 7) is 2.44. The van der Waals surface area contributed by atoms with E-state index in [9.17, 15) is 22.8 Å². The lowest BCUT2D eigenvalue weighted by Gasteiger charge is -2.10. The molecule has 1 aromatic carbocycles. The molecule has 0 saturated carbocycles. The number of unbranched alkanes of at least 4 members (excludes halogenated alkanes) is 1. The normalized spacial score (nSPS) is 11.3. The van der Waals surface area contributed by atoms with E-state index >= 15 is 0 Å². The van der Waals surface area contributed by atoms with E-state index in [-0.39, 0.29) is 13.1 Å². The highest BCUT2D eigenvalue weighted by Gasteiger charge is 2.33. The van der Waals surface area contributed by atoms with E-state index < -0.39 is 23.3 Å². The zero-order chi connectivity index (χ0) is 19.9. The number of rotatable bonds is 8. The molecule has 0 aliphatic carbocycles. The molecule has 0 saturated heterocycles. The largest absolute Gasteiger partial charge is 0.494 e. The lowest BCUT2D eigenvalue weighted by Crippen LogP contribution is -2.32. The van der Waals surface area contributed by atoms with Crippen molar-refractivity contribution in [3.05, 3.63) is 58.0 Å². The monoisotopic (exact) mass is 383 g/mol. The second-order valence-electron chi connectivity index (χ2n) is 5.76. The van der Waals surface area contributed by atoms with E-state index in [4.69, 9.17) is 4.74 Å². The second kappa shape index (κ2) is 9.20. The molecular formula is C18H20F3N3O3. The Labute approximate surface area is 154 Å². The zero-order valence-corrected chi connectivity index (χ0v) is 14.8. The molecule has 9 heteroatoms. The summed E-state index contributed by atoms with van der Waals surface area (Å²) in [5, 5.41) is 5.82. The van der Waals surface area contributed by atoms with Gasteiger partial charge in [-0.3, -0.25) is 9.59 Å². The minimum absolute atomic E-state index is 0.0399. The van der Waals surface area contributed by atoms with Crippen LogP contribution in [-0.4, -0.2) is 28.8 Å². The fraction of sp³-hybridized carbons (Fsp3) is 0.389. The minimum atomic E-state index is -4.64. The number of benzene rings is 1. The molecule has 1 heterocycles. The molecule has 1 aromatic heterocycles. The summed E-state index contributed by atoms with van der Waals surface area (Å²) in [4.78, 5) is 23.7. The Balaban J connectivity index is 1.90. The van der Waals surface area contributed by atoms with Crippen LogP contribution >= 0.6 is 0 Å². The predicted octanol–water partition coefficient (Wildman–Crippen LogP) is 2.87. The van der Waals surface area contributed by atoms with Crippen molar-refractivity contribution in [2.24, 2.45) is 0 Å². The lowest BCUT2D eigenvalue weighted by molar-refractivity contribution is -0.142. The molecule has 0 radical (unpaired) electrons. The summed E-state index contributed by atoms with van der Waals surface area (Å²) >= 11 is 0. The van der Waals surface area contributed by atoms with Crippen LogP contribution in [0.1, 0.15) is 35.8 Å². The second-order valence-corrected chi connectivity index (χ2v) is 5.76. The van der Waals surface area contributed by atoms with Crippen LogP contribution in [0, 0.1) is 0 Å². The van der Waals surface area contributed by atoms with Crippen LogP contribution in [0.15, 0.2) is 41.2 Å². The van der Waals surface area contributed by atoms with Crippen LogP contribution in [0.4, 0.5) is 13.2 Å². The third kappa shape index (κ3) is 6.12. The van der Waals surface area contributed by atoms with E-state index in [1.54, 1.807) is 24.3 Å². The highest BCUT2D eigenvalue weighted by molar-refractivity contribution is 5.94. The standard InChI is InChI=1S/C18H20F3N3O3/c1-2-3-12-27-14-6-4-13(5-7-14)17(26)22-10-11-24-16(25)9-8-15(23-24)18(19,20)21/h4-9H,2-3,10-12H2,1H3,(H,22,26). The van der Waals surface area contributed by atoms with Gasteiger partial charge in [0.1, 0.15) is 5.75 Å². The lowest BCUT2D eigenvalue weighted by atomic mass is 10.2. The van der Waals surface area contributed by atoms with E-state index in [2.05, 4.69) is 17.3 Å². The number of carbonyl (C=O) groups is 1. The number of alkyl halides is 3.